The minimum absolute atomic E-state index is 0.163. The molecular weight excluding hydrogens is 362 g/mol. The maximum atomic E-state index is 12.1. The van der Waals surface area contributed by atoms with Crippen molar-refractivity contribution in [3.8, 4) is 5.75 Å². The second-order valence-electron chi connectivity index (χ2n) is 6.88. The molecule has 1 saturated heterocycles. The van der Waals surface area contributed by atoms with Gasteiger partial charge in [-0.3, -0.25) is 14.6 Å². The molecule has 1 fully saturated rings. The highest BCUT2D eigenvalue weighted by atomic mass is 16.5. The van der Waals surface area contributed by atoms with Gasteiger partial charge in [0.2, 0.25) is 5.91 Å². The second kappa shape index (κ2) is 9.36. The van der Waals surface area contributed by atoms with Gasteiger partial charge < -0.3 is 19.8 Å². The summed E-state index contributed by atoms with van der Waals surface area (Å²) >= 11 is 0. The van der Waals surface area contributed by atoms with Crippen LogP contribution in [0.4, 0.5) is 0 Å². The van der Waals surface area contributed by atoms with Crippen molar-refractivity contribution in [2.45, 2.75) is 45.3 Å². The summed E-state index contributed by atoms with van der Waals surface area (Å²) in [5, 5.41) is 2.83. The van der Waals surface area contributed by atoms with E-state index in [0.29, 0.717) is 24.4 Å². The molecule has 0 spiro atoms. The number of ether oxygens (including phenoxy) is 2. The van der Waals surface area contributed by atoms with Crippen LogP contribution in [-0.4, -0.2) is 35.2 Å². The summed E-state index contributed by atoms with van der Waals surface area (Å²) in [7, 11) is 0. The van der Waals surface area contributed by atoms with Crippen LogP contribution >= 0.6 is 0 Å². The molecule has 8 nitrogen and oxygen atoms in total. The highest BCUT2D eigenvalue weighted by molar-refractivity contribution is 5.76. The van der Waals surface area contributed by atoms with Crippen LogP contribution in [0.3, 0.4) is 0 Å². The standard InChI is InChI=1S/C20H25N3O5/c1-13-17(19(25)23-20(26)22-13)8-9-18(24)21-11-14-4-6-15(7-5-14)28-12-16-3-2-10-27-16/h4-7,16H,2-3,8-12H2,1H3,(H,21,24)(H2,22,23,25,26). The summed E-state index contributed by atoms with van der Waals surface area (Å²) in [6.07, 6.45) is 2.73. The molecule has 150 valence electrons. The number of aryl methyl sites for hydroxylation is 1. The summed E-state index contributed by atoms with van der Waals surface area (Å²) in [6.45, 7) is 3.40. The molecule has 1 amide bonds. The number of nitrogens with one attached hydrogen (secondary N) is 3. The molecule has 1 aliphatic heterocycles. The summed E-state index contributed by atoms with van der Waals surface area (Å²) in [4.78, 5) is 39.8. The van der Waals surface area contributed by atoms with Crippen molar-refractivity contribution in [1.82, 2.24) is 15.3 Å². The Kier molecular flexibility index (Phi) is 6.65. The van der Waals surface area contributed by atoms with Crippen LogP contribution in [0.15, 0.2) is 33.9 Å². The van der Waals surface area contributed by atoms with E-state index in [4.69, 9.17) is 9.47 Å². The van der Waals surface area contributed by atoms with E-state index in [2.05, 4.69) is 15.3 Å². The summed E-state index contributed by atoms with van der Waals surface area (Å²) in [6, 6.07) is 7.56. The molecule has 0 aliphatic carbocycles. The van der Waals surface area contributed by atoms with E-state index in [9.17, 15) is 14.4 Å². The Morgan fingerprint density at radius 2 is 2.04 bits per heavy atom. The molecule has 1 atom stereocenters. The Labute approximate surface area is 162 Å². The maximum absolute atomic E-state index is 12.1. The van der Waals surface area contributed by atoms with Gasteiger partial charge in [-0.1, -0.05) is 12.1 Å². The van der Waals surface area contributed by atoms with Gasteiger partial charge in [0.1, 0.15) is 12.4 Å². The average molecular weight is 387 g/mol. The molecule has 2 aromatic rings. The quantitative estimate of drug-likeness (QED) is 0.629. The van der Waals surface area contributed by atoms with Crippen LogP contribution < -0.4 is 21.3 Å². The number of benzene rings is 1. The average Bonchev–Trinajstić information content (AvgIpc) is 3.18. The molecule has 8 heteroatoms. The number of hydrogen-bond acceptors (Lipinski definition) is 5. The lowest BCUT2D eigenvalue weighted by Gasteiger charge is -2.12. The number of rotatable bonds is 8. The minimum atomic E-state index is -0.543. The molecule has 2 heterocycles. The fraction of sp³-hybridized carbons (Fsp3) is 0.450. The Hall–Kier alpha value is -2.87. The van der Waals surface area contributed by atoms with Crippen LogP contribution in [0.5, 0.6) is 5.75 Å². The first kappa shape index (κ1) is 19.9. The fourth-order valence-electron chi connectivity index (χ4n) is 3.12. The van der Waals surface area contributed by atoms with E-state index < -0.39 is 11.2 Å². The lowest BCUT2D eigenvalue weighted by Crippen LogP contribution is -2.29. The maximum Gasteiger partial charge on any atom is 0.325 e. The molecule has 3 N–H and O–H groups in total. The van der Waals surface area contributed by atoms with Crippen molar-refractivity contribution >= 4 is 5.91 Å². The summed E-state index contributed by atoms with van der Waals surface area (Å²) in [5.41, 5.74) is 0.866. The normalized spacial score (nSPS) is 16.1. The van der Waals surface area contributed by atoms with Crippen LogP contribution in [-0.2, 0) is 22.5 Å². The fourth-order valence-corrected chi connectivity index (χ4v) is 3.12. The van der Waals surface area contributed by atoms with Gasteiger partial charge in [-0.15, -0.1) is 0 Å². The molecule has 28 heavy (non-hydrogen) atoms. The summed E-state index contributed by atoms with van der Waals surface area (Å²) < 4.78 is 11.2. The molecule has 3 rings (SSSR count). The first-order chi connectivity index (χ1) is 13.5. The molecule has 1 aromatic heterocycles. The van der Waals surface area contributed by atoms with Crippen molar-refractivity contribution in [2.75, 3.05) is 13.2 Å². The number of carbonyl (C=O) groups is 1. The number of aromatic nitrogens is 2. The molecular formula is C20H25N3O5. The molecule has 1 aliphatic rings. The van der Waals surface area contributed by atoms with Gasteiger partial charge in [0.05, 0.1) is 6.10 Å². The van der Waals surface area contributed by atoms with Crippen molar-refractivity contribution in [2.24, 2.45) is 0 Å². The smallest absolute Gasteiger partial charge is 0.325 e. The number of amides is 1. The summed E-state index contributed by atoms with van der Waals surface area (Å²) in [5.74, 6) is 0.613. The van der Waals surface area contributed by atoms with Crippen LogP contribution in [0.25, 0.3) is 0 Å². The highest BCUT2D eigenvalue weighted by Gasteiger charge is 2.16. The van der Waals surface area contributed by atoms with Gasteiger partial charge in [-0.2, -0.15) is 0 Å². The van der Waals surface area contributed by atoms with E-state index in [1.807, 2.05) is 24.3 Å². The molecule has 0 bridgehead atoms. The topological polar surface area (TPSA) is 113 Å². The lowest BCUT2D eigenvalue weighted by atomic mass is 10.1. The van der Waals surface area contributed by atoms with E-state index in [-0.39, 0.29) is 24.9 Å². The van der Waals surface area contributed by atoms with Crippen molar-refractivity contribution in [3.63, 3.8) is 0 Å². The van der Waals surface area contributed by atoms with Gasteiger partial charge in [-0.25, -0.2) is 4.79 Å². The highest BCUT2D eigenvalue weighted by Crippen LogP contribution is 2.16. The Balaban J connectivity index is 1.43. The first-order valence-electron chi connectivity index (χ1n) is 9.43. The zero-order chi connectivity index (χ0) is 19.9. The number of hydrogen-bond donors (Lipinski definition) is 3. The van der Waals surface area contributed by atoms with E-state index >= 15 is 0 Å². The SMILES string of the molecule is Cc1[nH]c(=O)[nH]c(=O)c1CCC(=O)NCc1ccc(OCC2CCCO2)cc1. The van der Waals surface area contributed by atoms with Gasteiger partial charge in [0, 0.05) is 30.8 Å². The first-order valence-corrected chi connectivity index (χ1v) is 9.43. The van der Waals surface area contributed by atoms with E-state index in [1.54, 1.807) is 6.92 Å². The van der Waals surface area contributed by atoms with Gasteiger partial charge in [0.15, 0.2) is 0 Å². The zero-order valence-electron chi connectivity index (χ0n) is 15.9. The number of aromatic amines is 2. The molecule has 1 unspecified atom stereocenters. The molecule has 1 aromatic carbocycles. The van der Waals surface area contributed by atoms with Crippen LogP contribution in [0, 0.1) is 6.92 Å². The van der Waals surface area contributed by atoms with Crippen LogP contribution in [0.2, 0.25) is 0 Å². The largest absolute Gasteiger partial charge is 0.491 e. The predicted octanol–water partition coefficient (Wildman–Crippen LogP) is 1.18. The number of H-pyrrole nitrogens is 2. The second-order valence-corrected chi connectivity index (χ2v) is 6.88. The van der Waals surface area contributed by atoms with Gasteiger partial charge in [-0.05, 0) is 43.9 Å². The molecule has 0 saturated carbocycles. The third kappa shape index (κ3) is 5.56. The van der Waals surface area contributed by atoms with Gasteiger partial charge >= 0.3 is 5.69 Å². The zero-order valence-corrected chi connectivity index (χ0v) is 15.9. The third-order valence-corrected chi connectivity index (χ3v) is 4.73. The lowest BCUT2D eigenvalue weighted by molar-refractivity contribution is -0.121. The molecule has 0 radical (unpaired) electrons. The Morgan fingerprint density at radius 3 is 2.71 bits per heavy atom. The number of carbonyl (C=O) groups excluding carboxylic acids is 1. The Bertz CT molecular complexity index is 911. The minimum Gasteiger partial charge on any atom is -0.491 e. The van der Waals surface area contributed by atoms with E-state index in [0.717, 1.165) is 30.8 Å². The third-order valence-electron chi connectivity index (χ3n) is 4.73. The van der Waals surface area contributed by atoms with Gasteiger partial charge in [0.25, 0.3) is 5.56 Å². The van der Waals surface area contributed by atoms with Crippen molar-refractivity contribution in [3.05, 3.63) is 61.9 Å². The monoisotopic (exact) mass is 387 g/mol. The Morgan fingerprint density at radius 1 is 1.25 bits per heavy atom. The van der Waals surface area contributed by atoms with Crippen molar-refractivity contribution < 1.29 is 14.3 Å². The van der Waals surface area contributed by atoms with E-state index in [1.165, 1.54) is 0 Å². The predicted molar refractivity (Wildman–Crippen MR) is 103 cm³/mol. The van der Waals surface area contributed by atoms with Crippen molar-refractivity contribution in [1.29, 1.82) is 0 Å². The van der Waals surface area contributed by atoms with Crippen LogP contribution in [0.1, 0.15) is 36.1 Å².